The summed E-state index contributed by atoms with van der Waals surface area (Å²) < 4.78 is 0. The van der Waals surface area contributed by atoms with Crippen LogP contribution in [0.15, 0.2) is 16.8 Å². The summed E-state index contributed by atoms with van der Waals surface area (Å²) >= 11 is 3.48. The molecule has 0 saturated carbocycles. The molecule has 13 heavy (non-hydrogen) atoms. The van der Waals surface area contributed by atoms with Crippen molar-refractivity contribution in [3.63, 3.8) is 0 Å². The Morgan fingerprint density at radius 2 is 2.38 bits per heavy atom. The first-order chi connectivity index (χ1) is 6.24. The van der Waals surface area contributed by atoms with Crippen molar-refractivity contribution in [1.29, 1.82) is 0 Å². The lowest BCUT2D eigenvalue weighted by atomic mass is 10.2. The molecule has 2 unspecified atom stereocenters. The first-order valence-electron chi connectivity index (χ1n) is 4.55. The van der Waals surface area contributed by atoms with Gasteiger partial charge in [0.25, 0.3) is 0 Å². The van der Waals surface area contributed by atoms with E-state index in [1.54, 1.807) is 11.3 Å². The average Bonchev–Trinajstić information content (AvgIpc) is 2.66. The molecule has 1 nitrogen and oxygen atoms in total. The summed E-state index contributed by atoms with van der Waals surface area (Å²) in [6.45, 7) is 4.37. The molecule has 2 atom stereocenters. The fourth-order valence-corrected chi connectivity index (χ4v) is 2.58. The minimum Gasteiger partial charge on any atom is -0.388 e. The Kier molecular flexibility index (Phi) is 4.84. The SMILES string of the molecule is CCC(C)SCC(O)c1ccsc1. The highest BCUT2D eigenvalue weighted by Gasteiger charge is 2.09. The zero-order chi connectivity index (χ0) is 9.68. The number of thioether (sulfide) groups is 1. The third-order valence-electron chi connectivity index (χ3n) is 2.04. The largest absolute Gasteiger partial charge is 0.388 e. The Hall–Kier alpha value is 0.01000. The predicted molar refractivity (Wildman–Crippen MR) is 61.5 cm³/mol. The number of hydrogen-bond donors (Lipinski definition) is 1. The normalized spacial score (nSPS) is 15.6. The molecule has 0 amide bonds. The molecule has 3 heteroatoms. The third kappa shape index (κ3) is 3.71. The average molecular weight is 216 g/mol. The molecule has 0 fully saturated rings. The van der Waals surface area contributed by atoms with Crippen molar-refractivity contribution in [3.05, 3.63) is 22.4 Å². The molecular weight excluding hydrogens is 200 g/mol. The molecule has 74 valence electrons. The zero-order valence-electron chi connectivity index (χ0n) is 8.06. The maximum atomic E-state index is 9.74. The van der Waals surface area contributed by atoms with E-state index in [0.29, 0.717) is 5.25 Å². The molecule has 0 radical (unpaired) electrons. The van der Waals surface area contributed by atoms with Crippen molar-refractivity contribution in [2.24, 2.45) is 0 Å². The van der Waals surface area contributed by atoms with Gasteiger partial charge in [0.05, 0.1) is 6.10 Å². The van der Waals surface area contributed by atoms with Crippen LogP contribution in [0.25, 0.3) is 0 Å². The van der Waals surface area contributed by atoms with Crippen molar-refractivity contribution < 1.29 is 5.11 Å². The van der Waals surface area contributed by atoms with Crippen LogP contribution in [-0.4, -0.2) is 16.1 Å². The number of hydrogen-bond acceptors (Lipinski definition) is 3. The van der Waals surface area contributed by atoms with Crippen molar-refractivity contribution >= 4 is 23.1 Å². The molecule has 0 spiro atoms. The number of rotatable bonds is 5. The van der Waals surface area contributed by atoms with Crippen LogP contribution in [0.2, 0.25) is 0 Å². The van der Waals surface area contributed by atoms with E-state index in [9.17, 15) is 5.11 Å². The number of thiophene rings is 1. The topological polar surface area (TPSA) is 20.2 Å². The molecular formula is C10H16OS2. The summed E-state index contributed by atoms with van der Waals surface area (Å²) in [5, 5.41) is 14.4. The van der Waals surface area contributed by atoms with Crippen LogP contribution in [0, 0.1) is 0 Å². The van der Waals surface area contributed by atoms with Crippen LogP contribution in [0.1, 0.15) is 31.9 Å². The molecule has 1 heterocycles. The third-order valence-corrected chi connectivity index (χ3v) is 4.15. The van der Waals surface area contributed by atoms with Gasteiger partial charge in [-0.15, -0.1) is 0 Å². The second-order valence-electron chi connectivity index (χ2n) is 3.12. The first kappa shape index (κ1) is 11.1. The van der Waals surface area contributed by atoms with Crippen LogP contribution < -0.4 is 0 Å². The summed E-state index contributed by atoms with van der Waals surface area (Å²) in [6.07, 6.45) is 0.881. The van der Waals surface area contributed by atoms with Gasteiger partial charge in [-0.3, -0.25) is 0 Å². The van der Waals surface area contributed by atoms with E-state index >= 15 is 0 Å². The molecule has 0 aliphatic carbocycles. The van der Waals surface area contributed by atoms with Gasteiger partial charge in [-0.2, -0.15) is 23.1 Å². The van der Waals surface area contributed by atoms with Gasteiger partial charge in [0.1, 0.15) is 0 Å². The number of aliphatic hydroxyl groups excluding tert-OH is 1. The molecule has 1 aromatic rings. The van der Waals surface area contributed by atoms with E-state index in [-0.39, 0.29) is 6.10 Å². The minimum absolute atomic E-state index is 0.287. The molecule has 0 aromatic carbocycles. The van der Waals surface area contributed by atoms with Crippen LogP contribution in [-0.2, 0) is 0 Å². The highest BCUT2D eigenvalue weighted by Crippen LogP contribution is 2.23. The Labute approximate surface area is 88.2 Å². The minimum atomic E-state index is -0.287. The van der Waals surface area contributed by atoms with E-state index in [4.69, 9.17) is 0 Å². The number of aliphatic hydroxyl groups is 1. The molecule has 0 bridgehead atoms. The maximum absolute atomic E-state index is 9.74. The highest BCUT2D eigenvalue weighted by molar-refractivity contribution is 7.99. The standard InChI is InChI=1S/C10H16OS2/c1-3-8(2)13-7-10(11)9-4-5-12-6-9/h4-6,8,10-11H,3,7H2,1-2H3. The van der Waals surface area contributed by atoms with Gasteiger partial charge in [0, 0.05) is 11.0 Å². The Bertz CT molecular complexity index is 221. The lowest BCUT2D eigenvalue weighted by Gasteiger charge is -2.12. The Balaban J connectivity index is 2.30. The fourth-order valence-electron chi connectivity index (χ4n) is 0.934. The van der Waals surface area contributed by atoms with Gasteiger partial charge < -0.3 is 5.11 Å². The summed E-state index contributed by atoms with van der Waals surface area (Å²) in [7, 11) is 0. The Morgan fingerprint density at radius 1 is 1.62 bits per heavy atom. The van der Waals surface area contributed by atoms with Crippen LogP contribution >= 0.6 is 23.1 Å². The second kappa shape index (κ2) is 5.68. The predicted octanol–water partition coefficient (Wildman–Crippen LogP) is 3.31. The van der Waals surface area contributed by atoms with Crippen molar-refractivity contribution in [2.45, 2.75) is 31.6 Å². The van der Waals surface area contributed by atoms with Crippen molar-refractivity contribution in [3.8, 4) is 0 Å². The highest BCUT2D eigenvalue weighted by atomic mass is 32.2. The van der Waals surface area contributed by atoms with E-state index in [1.165, 1.54) is 6.42 Å². The zero-order valence-corrected chi connectivity index (χ0v) is 9.70. The molecule has 1 rings (SSSR count). The lowest BCUT2D eigenvalue weighted by Crippen LogP contribution is -2.03. The van der Waals surface area contributed by atoms with Crippen molar-refractivity contribution in [2.75, 3.05) is 5.75 Å². The van der Waals surface area contributed by atoms with Crippen LogP contribution in [0.5, 0.6) is 0 Å². The fraction of sp³-hybridized carbons (Fsp3) is 0.600. The van der Waals surface area contributed by atoms with E-state index < -0.39 is 0 Å². The second-order valence-corrected chi connectivity index (χ2v) is 5.38. The summed E-state index contributed by atoms with van der Waals surface area (Å²) in [5.74, 6) is 0.811. The van der Waals surface area contributed by atoms with Gasteiger partial charge in [-0.25, -0.2) is 0 Å². The van der Waals surface area contributed by atoms with Gasteiger partial charge >= 0.3 is 0 Å². The Morgan fingerprint density at radius 3 is 2.92 bits per heavy atom. The van der Waals surface area contributed by atoms with Gasteiger partial charge in [0.2, 0.25) is 0 Å². The molecule has 0 saturated heterocycles. The summed E-state index contributed by atoms with van der Waals surface area (Å²) in [6, 6.07) is 1.99. The summed E-state index contributed by atoms with van der Waals surface area (Å²) in [4.78, 5) is 0. The van der Waals surface area contributed by atoms with Gasteiger partial charge in [-0.05, 0) is 28.8 Å². The lowest BCUT2D eigenvalue weighted by molar-refractivity contribution is 0.204. The molecule has 1 N–H and O–H groups in total. The smallest absolute Gasteiger partial charge is 0.0888 e. The van der Waals surface area contributed by atoms with Crippen LogP contribution in [0.4, 0.5) is 0 Å². The molecule has 0 aliphatic heterocycles. The van der Waals surface area contributed by atoms with Gasteiger partial charge in [0.15, 0.2) is 0 Å². The van der Waals surface area contributed by atoms with Crippen LogP contribution in [0.3, 0.4) is 0 Å². The van der Waals surface area contributed by atoms with Gasteiger partial charge in [-0.1, -0.05) is 13.8 Å². The van der Waals surface area contributed by atoms with E-state index in [2.05, 4.69) is 13.8 Å². The quantitative estimate of drug-likeness (QED) is 0.815. The summed E-state index contributed by atoms with van der Waals surface area (Å²) in [5.41, 5.74) is 1.06. The van der Waals surface area contributed by atoms with E-state index in [1.807, 2.05) is 28.6 Å². The molecule has 1 aromatic heterocycles. The monoisotopic (exact) mass is 216 g/mol. The first-order valence-corrected chi connectivity index (χ1v) is 6.55. The molecule has 0 aliphatic rings. The van der Waals surface area contributed by atoms with Crippen molar-refractivity contribution in [1.82, 2.24) is 0 Å². The van der Waals surface area contributed by atoms with E-state index in [0.717, 1.165) is 11.3 Å². The maximum Gasteiger partial charge on any atom is 0.0888 e.